The van der Waals surface area contributed by atoms with E-state index in [1.807, 2.05) is 34.6 Å². The highest BCUT2D eigenvalue weighted by Gasteiger charge is 2.22. The first kappa shape index (κ1) is 25.5. The van der Waals surface area contributed by atoms with Crippen LogP contribution in [-0.2, 0) is 16.6 Å². The van der Waals surface area contributed by atoms with Crippen molar-refractivity contribution in [2.45, 2.75) is 52.2 Å². The molecule has 3 aromatic rings. The molecule has 3 rings (SSSR count). The second-order valence-electron chi connectivity index (χ2n) is 7.97. The van der Waals surface area contributed by atoms with Crippen molar-refractivity contribution in [2.24, 2.45) is 0 Å². The second-order valence-corrected chi connectivity index (χ2v) is 9.91. The van der Waals surface area contributed by atoms with Gasteiger partial charge in [-0.3, -0.25) is 4.79 Å². The van der Waals surface area contributed by atoms with E-state index in [0.29, 0.717) is 36.8 Å². The van der Waals surface area contributed by atoms with Gasteiger partial charge in [-0.1, -0.05) is 37.2 Å². The van der Waals surface area contributed by atoms with Gasteiger partial charge in [0.2, 0.25) is 10.0 Å². The number of carbonyl (C=O) groups excluding carboxylic acids is 1. The van der Waals surface area contributed by atoms with Crippen LogP contribution in [-0.4, -0.2) is 36.9 Å². The lowest BCUT2D eigenvalue weighted by Gasteiger charge is -2.19. The van der Waals surface area contributed by atoms with Gasteiger partial charge in [0.1, 0.15) is 18.1 Å². The molecule has 0 fully saturated rings. The minimum absolute atomic E-state index is 0.238. The van der Waals surface area contributed by atoms with Gasteiger partial charge in [0.15, 0.2) is 0 Å². The third-order valence-corrected chi connectivity index (χ3v) is 7.80. The molecule has 9 heteroatoms. The van der Waals surface area contributed by atoms with Crippen molar-refractivity contribution in [1.82, 2.24) is 14.8 Å². The van der Waals surface area contributed by atoms with Crippen molar-refractivity contribution in [2.75, 3.05) is 13.1 Å². The lowest BCUT2D eigenvalue weighted by molar-refractivity contribution is 0.0939. The number of sulfonamides is 1. The number of carbonyl (C=O) groups is 1. The number of aromatic nitrogens is 1. The van der Waals surface area contributed by atoms with Gasteiger partial charge in [0.25, 0.3) is 5.91 Å². The fourth-order valence-corrected chi connectivity index (χ4v) is 5.05. The first-order valence-corrected chi connectivity index (χ1v) is 12.7. The summed E-state index contributed by atoms with van der Waals surface area (Å²) in [6, 6.07) is 13.2. The zero-order valence-corrected chi connectivity index (χ0v) is 21.0. The Bertz CT molecular complexity index is 1210. The number of nitrogens with one attached hydrogen (secondary N) is 1. The van der Waals surface area contributed by atoms with Crippen molar-refractivity contribution in [3.8, 4) is 5.75 Å². The summed E-state index contributed by atoms with van der Waals surface area (Å²) >= 11 is 0. The molecule has 1 atom stereocenters. The van der Waals surface area contributed by atoms with Crippen LogP contribution in [0.25, 0.3) is 0 Å². The van der Waals surface area contributed by atoms with E-state index in [1.165, 1.54) is 4.31 Å². The van der Waals surface area contributed by atoms with E-state index < -0.39 is 10.0 Å². The van der Waals surface area contributed by atoms with Gasteiger partial charge in [0.05, 0.1) is 22.2 Å². The summed E-state index contributed by atoms with van der Waals surface area (Å²) in [5.41, 5.74) is 2.92. The first-order chi connectivity index (χ1) is 16.2. The van der Waals surface area contributed by atoms with E-state index in [2.05, 4.69) is 10.5 Å². The normalized spacial score (nSPS) is 12.5. The van der Waals surface area contributed by atoms with E-state index in [0.717, 1.165) is 16.8 Å². The van der Waals surface area contributed by atoms with Crippen LogP contribution in [0.4, 0.5) is 0 Å². The van der Waals surface area contributed by atoms with Crippen molar-refractivity contribution in [1.29, 1.82) is 0 Å². The number of hydrogen-bond acceptors (Lipinski definition) is 6. The highest BCUT2D eigenvalue weighted by Crippen LogP contribution is 2.21. The Hall–Kier alpha value is -3.17. The molecule has 182 valence electrons. The largest absolute Gasteiger partial charge is 0.489 e. The van der Waals surface area contributed by atoms with Gasteiger partial charge >= 0.3 is 0 Å². The number of nitrogens with zero attached hydrogens (tertiary/aromatic N) is 2. The molecule has 0 spiro atoms. The first-order valence-electron chi connectivity index (χ1n) is 11.2. The zero-order chi connectivity index (χ0) is 24.9. The van der Waals surface area contributed by atoms with E-state index in [4.69, 9.17) is 9.26 Å². The van der Waals surface area contributed by atoms with Crippen LogP contribution in [0.1, 0.15) is 59.8 Å². The van der Waals surface area contributed by atoms with Crippen LogP contribution in [0.2, 0.25) is 0 Å². The smallest absolute Gasteiger partial charge is 0.251 e. The number of benzene rings is 2. The molecule has 2 aromatic carbocycles. The lowest BCUT2D eigenvalue weighted by atomic mass is 10.1. The molecule has 1 amide bonds. The maximum Gasteiger partial charge on any atom is 0.251 e. The molecular formula is C25H31N3O5S. The number of amides is 1. The SMILES string of the molecule is CCN(CC)S(=O)(=O)c1ccc([C@H](C)NC(=O)c2cccc(OCc3c(C)noc3C)c2)cc1. The molecule has 8 nitrogen and oxygen atoms in total. The Kier molecular flexibility index (Phi) is 8.11. The molecule has 0 saturated heterocycles. The van der Waals surface area contributed by atoms with E-state index >= 15 is 0 Å². The van der Waals surface area contributed by atoms with E-state index in [9.17, 15) is 13.2 Å². The van der Waals surface area contributed by atoms with Crippen molar-refractivity contribution in [3.63, 3.8) is 0 Å². The van der Waals surface area contributed by atoms with Crippen LogP contribution in [0, 0.1) is 13.8 Å². The van der Waals surface area contributed by atoms with Gasteiger partial charge < -0.3 is 14.6 Å². The van der Waals surface area contributed by atoms with Crippen LogP contribution < -0.4 is 10.1 Å². The Morgan fingerprint density at radius 2 is 1.79 bits per heavy atom. The van der Waals surface area contributed by atoms with Crippen LogP contribution in [0.15, 0.2) is 57.9 Å². The van der Waals surface area contributed by atoms with Crippen LogP contribution in [0.3, 0.4) is 0 Å². The number of hydrogen-bond donors (Lipinski definition) is 1. The zero-order valence-electron chi connectivity index (χ0n) is 20.2. The Morgan fingerprint density at radius 3 is 2.38 bits per heavy atom. The van der Waals surface area contributed by atoms with Gasteiger partial charge in [0, 0.05) is 18.7 Å². The average molecular weight is 486 g/mol. The molecule has 0 saturated carbocycles. The van der Waals surface area contributed by atoms with Crippen molar-refractivity contribution >= 4 is 15.9 Å². The molecule has 0 radical (unpaired) electrons. The van der Waals surface area contributed by atoms with Crippen molar-refractivity contribution in [3.05, 3.63) is 76.7 Å². The Morgan fingerprint density at radius 1 is 1.12 bits per heavy atom. The standard InChI is InChI=1S/C25H31N3O5S/c1-6-28(7-2)34(30,31)23-13-11-20(12-14-23)17(3)26-25(29)21-9-8-10-22(15-21)32-16-24-18(4)27-33-19(24)5/h8-15,17H,6-7,16H2,1-5H3,(H,26,29)/t17-/m0/s1. The summed E-state index contributed by atoms with van der Waals surface area (Å²) < 4.78 is 37.7. The Labute approximate surface area is 201 Å². The molecule has 0 aliphatic carbocycles. The summed E-state index contributed by atoms with van der Waals surface area (Å²) in [4.78, 5) is 13.1. The van der Waals surface area contributed by atoms with Crippen LogP contribution >= 0.6 is 0 Å². The molecule has 0 aliphatic heterocycles. The highest BCUT2D eigenvalue weighted by atomic mass is 32.2. The predicted octanol–water partition coefficient (Wildman–Crippen LogP) is 4.39. The molecule has 34 heavy (non-hydrogen) atoms. The summed E-state index contributed by atoms with van der Waals surface area (Å²) in [5.74, 6) is 1.01. The molecule has 1 N–H and O–H groups in total. The molecule has 1 aromatic heterocycles. The minimum atomic E-state index is -3.52. The quantitative estimate of drug-likeness (QED) is 0.457. The van der Waals surface area contributed by atoms with Crippen molar-refractivity contribution < 1.29 is 22.5 Å². The van der Waals surface area contributed by atoms with Crippen LogP contribution in [0.5, 0.6) is 5.75 Å². The molecule has 0 unspecified atom stereocenters. The lowest BCUT2D eigenvalue weighted by Crippen LogP contribution is -2.30. The molecule has 0 bridgehead atoms. The maximum atomic E-state index is 12.8. The van der Waals surface area contributed by atoms with E-state index in [-0.39, 0.29) is 16.8 Å². The van der Waals surface area contributed by atoms with E-state index in [1.54, 1.807) is 48.5 Å². The van der Waals surface area contributed by atoms with Gasteiger partial charge in [-0.2, -0.15) is 4.31 Å². The highest BCUT2D eigenvalue weighted by molar-refractivity contribution is 7.89. The summed E-state index contributed by atoms with van der Waals surface area (Å²) in [5, 5.41) is 6.87. The summed E-state index contributed by atoms with van der Waals surface area (Å²) in [6.07, 6.45) is 0. The fraction of sp³-hybridized carbons (Fsp3) is 0.360. The molecule has 0 aliphatic rings. The average Bonchev–Trinajstić information content (AvgIpc) is 3.15. The maximum absolute atomic E-state index is 12.8. The summed E-state index contributed by atoms with van der Waals surface area (Å²) in [7, 11) is -3.52. The second kappa shape index (κ2) is 10.8. The number of aryl methyl sites for hydroxylation is 2. The topological polar surface area (TPSA) is 102 Å². The number of ether oxygens (including phenoxy) is 1. The van der Waals surface area contributed by atoms with Gasteiger partial charge in [-0.05, 0) is 56.7 Å². The molecule has 1 heterocycles. The monoisotopic (exact) mass is 485 g/mol. The van der Waals surface area contributed by atoms with Gasteiger partial charge in [-0.25, -0.2) is 8.42 Å². The third kappa shape index (κ3) is 5.66. The fourth-order valence-electron chi connectivity index (χ4n) is 3.59. The minimum Gasteiger partial charge on any atom is -0.489 e. The van der Waals surface area contributed by atoms with Gasteiger partial charge in [-0.15, -0.1) is 0 Å². The third-order valence-electron chi connectivity index (χ3n) is 5.73. The predicted molar refractivity (Wildman–Crippen MR) is 129 cm³/mol. The molecular weight excluding hydrogens is 454 g/mol. The number of rotatable bonds is 10. The summed E-state index contributed by atoms with van der Waals surface area (Å²) in [6.45, 7) is 10.3. The Balaban J connectivity index is 1.66.